The Balaban J connectivity index is 2.42. The van der Waals surface area contributed by atoms with Gasteiger partial charge in [-0.15, -0.1) is 0 Å². The zero-order valence-corrected chi connectivity index (χ0v) is 13.1. The van der Waals surface area contributed by atoms with E-state index in [1.54, 1.807) is 0 Å². The molecule has 0 fully saturated rings. The molecular weight excluding hydrogens is 308 g/mol. The molecule has 0 saturated heterocycles. The van der Waals surface area contributed by atoms with Crippen LogP contribution in [0.5, 0.6) is 0 Å². The number of hydrogen-bond donors (Lipinski definition) is 2. The van der Waals surface area contributed by atoms with Gasteiger partial charge in [-0.3, -0.25) is 4.79 Å². The fourth-order valence-corrected chi connectivity index (χ4v) is 1.97. The smallest absolute Gasteiger partial charge is 0.221 e. The molecule has 1 rings (SSSR count). The molecule has 1 amide bonds. The number of rotatable bonds is 8. The lowest BCUT2D eigenvalue weighted by Crippen LogP contribution is -2.26. The normalized spacial score (nSPS) is 10.3. The van der Waals surface area contributed by atoms with E-state index in [0.717, 1.165) is 42.1 Å². The highest BCUT2D eigenvalue weighted by molar-refractivity contribution is 9.10. The predicted molar refractivity (Wildman–Crippen MR) is 80.1 cm³/mol. The summed E-state index contributed by atoms with van der Waals surface area (Å²) in [5, 5.41) is 5.99. The number of halogens is 1. The van der Waals surface area contributed by atoms with E-state index in [0.29, 0.717) is 13.0 Å². The second kappa shape index (κ2) is 8.85. The van der Waals surface area contributed by atoms with Crippen LogP contribution in [0.2, 0.25) is 0 Å². The lowest BCUT2D eigenvalue weighted by atomic mass is 10.3. The van der Waals surface area contributed by atoms with E-state index in [4.69, 9.17) is 0 Å². The monoisotopic (exact) mass is 328 g/mol. The summed E-state index contributed by atoms with van der Waals surface area (Å²) in [6, 6.07) is 1.82. The number of nitrogens with zero attached hydrogens (tertiary/aromatic N) is 2. The van der Waals surface area contributed by atoms with Gasteiger partial charge in [0.15, 0.2) is 0 Å². The van der Waals surface area contributed by atoms with Crippen molar-refractivity contribution >= 4 is 27.7 Å². The van der Waals surface area contributed by atoms with Crippen molar-refractivity contribution in [3.63, 3.8) is 0 Å². The van der Waals surface area contributed by atoms with Crippen LogP contribution < -0.4 is 10.6 Å². The second-order valence-electron chi connectivity index (χ2n) is 4.27. The Morgan fingerprint density at radius 3 is 2.74 bits per heavy atom. The van der Waals surface area contributed by atoms with Gasteiger partial charge in [-0.05, 0) is 28.8 Å². The third kappa shape index (κ3) is 6.52. The molecule has 0 unspecified atom stereocenters. The van der Waals surface area contributed by atoms with Gasteiger partial charge < -0.3 is 10.6 Å². The largest absolute Gasteiger partial charge is 0.369 e. The molecule has 6 heteroatoms. The minimum atomic E-state index is 0.0660. The number of aryl methyl sites for hydroxylation is 1. The predicted octanol–water partition coefficient (Wildman–Crippen LogP) is 2.52. The molecule has 19 heavy (non-hydrogen) atoms. The summed E-state index contributed by atoms with van der Waals surface area (Å²) in [6.45, 7) is 5.44. The molecule has 0 spiro atoms. The third-order valence-corrected chi connectivity index (χ3v) is 2.85. The molecule has 0 radical (unpaired) electrons. The SMILES string of the molecule is CCCNC(=O)CCNc1cc(Br)nc(CCC)n1. The van der Waals surface area contributed by atoms with Gasteiger partial charge in [0, 0.05) is 32.0 Å². The summed E-state index contributed by atoms with van der Waals surface area (Å²) >= 11 is 3.37. The van der Waals surface area contributed by atoms with Crippen LogP contribution >= 0.6 is 15.9 Å². The first-order valence-corrected chi connectivity index (χ1v) is 7.49. The van der Waals surface area contributed by atoms with E-state index in [1.807, 2.05) is 13.0 Å². The van der Waals surface area contributed by atoms with E-state index in [2.05, 4.69) is 43.5 Å². The van der Waals surface area contributed by atoms with Crippen molar-refractivity contribution in [3.05, 3.63) is 16.5 Å². The second-order valence-corrected chi connectivity index (χ2v) is 5.08. The van der Waals surface area contributed by atoms with Gasteiger partial charge in [-0.1, -0.05) is 13.8 Å². The van der Waals surface area contributed by atoms with Crippen LogP contribution in [0, 0.1) is 0 Å². The highest BCUT2D eigenvalue weighted by Crippen LogP contribution is 2.13. The summed E-state index contributed by atoms with van der Waals surface area (Å²) in [5.41, 5.74) is 0. The fourth-order valence-electron chi connectivity index (χ4n) is 1.55. The van der Waals surface area contributed by atoms with Crippen molar-refractivity contribution in [2.45, 2.75) is 39.5 Å². The minimum Gasteiger partial charge on any atom is -0.369 e. The molecule has 0 aliphatic heterocycles. The summed E-state index contributed by atoms with van der Waals surface area (Å²) in [5.74, 6) is 1.64. The Bertz CT molecular complexity index is 412. The van der Waals surface area contributed by atoms with Crippen LogP contribution in [0.4, 0.5) is 5.82 Å². The van der Waals surface area contributed by atoms with Crippen molar-refractivity contribution in [1.29, 1.82) is 0 Å². The first-order chi connectivity index (χ1) is 9.15. The van der Waals surface area contributed by atoms with Crippen LogP contribution in [0.1, 0.15) is 38.9 Å². The number of amides is 1. The van der Waals surface area contributed by atoms with E-state index in [1.165, 1.54) is 0 Å². The molecule has 0 aromatic carbocycles. The molecule has 0 aliphatic rings. The number of hydrogen-bond acceptors (Lipinski definition) is 4. The standard InChI is InChI=1S/C13H21BrN4O/c1-3-5-11-17-10(14)9-12(18-11)15-8-6-13(19)16-7-4-2/h9H,3-8H2,1-2H3,(H,16,19)(H,15,17,18). The zero-order valence-electron chi connectivity index (χ0n) is 11.5. The summed E-state index contributed by atoms with van der Waals surface area (Å²) < 4.78 is 0.767. The first kappa shape index (κ1) is 15.9. The Morgan fingerprint density at radius 1 is 1.26 bits per heavy atom. The maximum Gasteiger partial charge on any atom is 0.221 e. The molecular formula is C13H21BrN4O. The van der Waals surface area contributed by atoms with Crippen molar-refractivity contribution in [3.8, 4) is 0 Å². The Hall–Kier alpha value is -1.17. The zero-order chi connectivity index (χ0) is 14.1. The highest BCUT2D eigenvalue weighted by Gasteiger charge is 2.04. The van der Waals surface area contributed by atoms with Crippen molar-refractivity contribution < 1.29 is 4.79 Å². The van der Waals surface area contributed by atoms with Crippen LogP contribution in [-0.2, 0) is 11.2 Å². The third-order valence-electron chi connectivity index (χ3n) is 2.45. The van der Waals surface area contributed by atoms with Crippen molar-refractivity contribution in [2.24, 2.45) is 0 Å². The van der Waals surface area contributed by atoms with Gasteiger partial charge in [0.2, 0.25) is 5.91 Å². The van der Waals surface area contributed by atoms with E-state index < -0.39 is 0 Å². The van der Waals surface area contributed by atoms with Gasteiger partial charge in [0.1, 0.15) is 16.2 Å². The molecule has 106 valence electrons. The van der Waals surface area contributed by atoms with E-state index in [9.17, 15) is 4.79 Å². The maximum absolute atomic E-state index is 11.4. The Kier molecular flexibility index (Phi) is 7.40. The van der Waals surface area contributed by atoms with E-state index >= 15 is 0 Å². The molecule has 1 heterocycles. The number of carbonyl (C=O) groups excluding carboxylic acids is 1. The molecule has 0 atom stereocenters. The van der Waals surface area contributed by atoms with Crippen molar-refractivity contribution in [1.82, 2.24) is 15.3 Å². The van der Waals surface area contributed by atoms with Gasteiger partial charge in [-0.2, -0.15) is 0 Å². The summed E-state index contributed by atoms with van der Waals surface area (Å²) in [4.78, 5) is 20.1. The Labute approximate surface area is 122 Å². The van der Waals surface area contributed by atoms with Crippen molar-refractivity contribution in [2.75, 3.05) is 18.4 Å². The van der Waals surface area contributed by atoms with Gasteiger partial charge in [0.25, 0.3) is 0 Å². The molecule has 0 bridgehead atoms. The summed E-state index contributed by atoms with van der Waals surface area (Å²) in [6.07, 6.45) is 3.27. The van der Waals surface area contributed by atoms with Gasteiger partial charge in [-0.25, -0.2) is 9.97 Å². The van der Waals surface area contributed by atoms with Gasteiger partial charge in [0.05, 0.1) is 0 Å². The number of aromatic nitrogens is 2. The van der Waals surface area contributed by atoms with Crippen LogP contribution in [0.15, 0.2) is 10.7 Å². The molecule has 1 aromatic heterocycles. The quantitative estimate of drug-likeness (QED) is 0.719. The summed E-state index contributed by atoms with van der Waals surface area (Å²) in [7, 11) is 0. The average molecular weight is 329 g/mol. The number of nitrogens with one attached hydrogen (secondary N) is 2. The molecule has 1 aromatic rings. The molecule has 5 nitrogen and oxygen atoms in total. The lowest BCUT2D eigenvalue weighted by Gasteiger charge is -2.08. The van der Waals surface area contributed by atoms with Crippen LogP contribution in [-0.4, -0.2) is 29.0 Å². The topological polar surface area (TPSA) is 66.9 Å². The van der Waals surface area contributed by atoms with Crippen LogP contribution in [0.3, 0.4) is 0 Å². The molecule has 0 saturated carbocycles. The maximum atomic E-state index is 11.4. The number of carbonyl (C=O) groups is 1. The van der Waals surface area contributed by atoms with Gasteiger partial charge >= 0.3 is 0 Å². The van der Waals surface area contributed by atoms with Crippen LogP contribution in [0.25, 0.3) is 0 Å². The lowest BCUT2D eigenvalue weighted by molar-refractivity contribution is -0.120. The minimum absolute atomic E-state index is 0.0660. The van der Waals surface area contributed by atoms with E-state index in [-0.39, 0.29) is 5.91 Å². The highest BCUT2D eigenvalue weighted by atomic mass is 79.9. The number of anilines is 1. The first-order valence-electron chi connectivity index (χ1n) is 6.69. The molecule has 0 aliphatic carbocycles. The fraction of sp³-hybridized carbons (Fsp3) is 0.615. The average Bonchev–Trinajstić information content (AvgIpc) is 2.36. The Morgan fingerprint density at radius 2 is 2.05 bits per heavy atom. The molecule has 2 N–H and O–H groups in total.